The molecule has 1 heterocycles. The first kappa shape index (κ1) is 20.9. The number of anilines is 1. The van der Waals surface area contributed by atoms with Crippen LogP contribution in [0.5, 0.6) is 0 Å². The molecule has 158 valence electrons. The maximum Gasteiger partial charge on any atom is 0.251 e. The van der Waals surface area contributed by atoms with Gasteiger partial charge in [0, 0.05) is 24.2 Å². The van der Waals surface area contributed by atoms with Crippen molar-refractivity contribution < 1.29 is 9.59 Å². The number of hydrogen-bond donors (Lipinski definition) is 1. The lowest BCUT2D eigenvalue weighted by atomic mass is 9.95. The van der Waals surface area contributed by atoms with Crippen LogP contribution in [0.4, 0.5) is 5.69 Å². The van der Waals surface area contributed by atoms with E-state index in [-0.39, 0.29) is 17.9 Å². The lowest BCUT2D eigenvalue weighted by Crippen LogP contribution is -2.32. The lowest BCUT2D eigenvalue weighted by molar-refractivity contribution is -0.118. The minimum atomic E-state index is -0.147. The van der Waals surface area contributed by atoms with E-state index in [1.54, 1.807) is 0 Å². The van der Waals surface area contributed by atoms with Crippen molar-refractivity contribution in [2.75, 3.05) is 11.4 Å². The first-order valence-corrected chi connectivity index (χ1v) is 11.0. The summed E-state index contributed by atoms with van der Waals surface area (Å²) in [6, 6.07) is 25.6. The summed E-state index contributed by atoms with van der Waals surface area (Å²) < 4.78 is 0. The number of nitrogens with one attached hydrogen (secondary N) is 1. The molecule has 1 aliphatic heterocycles. The van der Waals surface area contributed by atoms with Gasteiger partial charge in [-0.3, -0.25) is 9.59 Å². The van der Waals surface area contributed by atoms with Crippen LogP contribution >= 0.6 is 0 Å². The van der Waals surface area contributed by atoms with Crippen molar-refractivity contribution in [1.29, 1.82) is 0 Å². The summed E-state index contributed by atoms with van der Waals surface area (Å²) in [5.74, 6) is 0.0567. The third-order valence-electron chi connectivity index (χ3n) is 5.78. The Hall–Kier alpha value is -3.40. The second-order valence-corrected chi connectivity index (χ2v) is 7.97. The molecule has 2 amide bonds. The van der Waals surface area contributed by atoms with Gasteiger partial charge < -0.3 is 10.2 Å². The SMILES string of the molecule is CCCC(=O)N1CCCC(NC(=O)c2ccccc2)c2cc(-c3ccccc3)ccc21. The van der Waals surface area contributed by atoms with Crippen molar-refractivity contribution in [3.63, 3.8) is 0 Å². The summed E-state index contributed by atoms with van der Waals surface area (Å²) in [5, 5.41) is 3.22. The van der Waals surface area contributed by atoms with Crippen LogP contribution in [0.15, 0.2) is 78.9 Å². The summed E-state index contributed by atoms with van der Waals surface area (Å²) in [6.45, 7) is 2.70. The highest BCUT2D eigenvalue weighted by Gasteiger charge is 2.27. The molecule has 0 fully saturated rings. The number of hydrogen-bond acceptors (Lipinski definition) is 2. The molecule has 0 spiro atoms. The van der Waals surface area contributed by atoms with Gasteiger partial charge in [0.2, 0.25) is 5.91 Å². The second kappa shape index (κ2) is 9.61. The van der Waals surface area contributed by atoms with Gasteiger partial charge in [-0.15, -0.1) is 0 Å². The summed E-state index contributed by atoms with van der Waals surface area (Å²) >= 11 is 0. The van der Waals surface area contributed by atoms with Gasteiger partial charge in [-0.1, -0.05) is 61.5 Å². The van der Waals surface area contributed by atoms with E-state index in [9.17, 15) is 9.59 Å². The Morgan fingerprint density at radius 3 is 2.35 bits per heavy atom. The summed E-state index contributed by atoms with van der Waals surface area (Å²) in [6.07, 6.45) is 2.98. The third kappa shape index (κ3) is 4.69. The molecule has 1 N–H and O–H groups in total. The molecule has 0 saturated carbocycles. The molecule has 0 bridgehead atoms. The predicted molar refractivity (Wildman–Crippen MR) is 125 cm³/mol. The summed E-state index contributed by atoms with van der Waals surface area (Å²) in [4.78, 5) is 27.7. The molecule has 0 radical (unpaired) electrons. The normalized spacial score (nSPS) is 15.6. The van der Waals surface area contributed by atoms with E-state index in [0.29, 0.717) is 18.5 Å². The van der Waals surface area contributed by atoms with Crippen molar-refractivity contribution >= 4 is 17.5 Å². The Balaban J connectivity index is 1.73. The number of nitrogens with zero attached hydrogens (tertiary/aromatic N) is 1. The standard InChI is InChI=1S/C27H28N2O2/c1-2-10-26(30)29-18-9-15-24(28-27(31)21-13-7-4-8-14-21)23-19-22(16-17-25(23)29)20-11-5-3-6-12-20/h3-8,11-14,16-17,19,24H,2,9-10,15,18H2,1H3,(H,28,31). The monoisotopic (exact) mass is 412 g/mol. The number of benzene rings is 3. The van der Waals surface area contributed by atoms with Crippen LogP contribution in [0.1, 0.15) is 54.6 Å². The minimum Gasteiger partial charge on any atom is -0.345 e. The largest absolute Gasteiger partial charge is 0.345 e. The van der Waals surface area contributed by atoms with Crippen molar-refractivity contribution in [2.45, 2.75) is 38.6 Å². The fourth-order valence-corrected chi connectivity index (χ4v) is 4.21. The molecule has 0 aromatic heterocycles. The predicted octanol–water partition coefficient (Wildman–Crippen LogP) is 5.75. The average molecular weight is 413 g/mol. The van der Waals surface area contributed by atoms with Crippen molar-refractivity contribution in [3.8, 4) is 11.1 Å². The summed E-state index contributed by atoms with van der Waals surface area (Å²) in [5.41, 5.74) is 4.77. The van der Waals surface area contributed by atoms with Crippen molar-refractivity contribution in [3.05, 3.63) is 90.0 Å². The van der Waals surface area contributed by atoms with Gasteiger partial charge >= 0.3 is 0 Å². The number of fused-ring (bicyclic) bond motifs is 1. The lowest BCUT2D eigenvalue weighted by Gasteiger charge is -2.25. The fourth-order valence-electron chi connectivity index (χ4n) is 4.21. The molecular weight excluding hydrogens is 384 g/mol. The van der Waals surface area contributed by atoms with Crippen LogP contribution in [0.2, 0.25) is 0 Å². The van der Waals surface area contributed by atoms with Crippen molar-refractivity contribution in [2.24, 2.45) is 0 Å². The number of carbonyl (C=O) groups excluding carboxylic acids is 2. The zero-order chi connectivity index (χ0) is 21.6. The van der Waals surface area contributed by atoms with Gasteiger partial charge in [0.15, 0.2) is 0 Å². The zero-order valence-corrected chi connectivity index (χ0v) is 17.9. The molecule has 4 nitrogen and oxygen atoms in total. The van der Waals surface area contributed by atoms with E-state index in [4.69, 9.17) is 0 Å². The Kier molecular flexibility index (Phi) is 6.46. The number of amides is 2. The molecule has 0 saturated heterocycles. The Morgan fingerprint density at radius 1 is 0.935 bits per heavy atom. The van der Waals surface area contributed by atoms with Crippen LogP contribution in [0.3, 0.4) is 0 Å². The van der Waals surface area contributed by atoms with E-state index < -0.39 is 0 Å². The van der Waals surface area contributed by atoms with Crippen LogP contribution in [-0.4, -0.2) is 18.4 Å². The molecule has 1 aliphatic rings. The molecule has 3 aromatic rings. The summed E-state index contributed by atoms with van der Waals surface area (Å²) in [7, 11) is 0. The van der Waals surface area contributed by atoms with Crippen LogP contribution in [0, 0.1) is 0 Å². The van der Waals surface area contributed by atoms with Gasteiger partial charge in [0.05, 0.1) is 6.04 Å². The topological polar surface area (TPSA) is 49.4 Å². The zero-order valence-electron chi connectivity index (χ0n) is 17.9. The Labute approximate surface area is 183 Å². The smallest absolute Gasteiger partial charge is 0.251 e. The number of carbonyl (C=O) groups is 2. The van der Waals surface area contributed by atoms with Gasteiger partial charge in [0.25, 0.3) is 5.91 Å². The molecule has 4 heteroatoms. The maximum atomic E-state index is 12.9. The molecule has 1 unspecified atom stereocenters. The van der Waals surface area contributed by atoms with E-state index in [0.717, 1.165) is 41.6 Å². The average Bonchev–Trinajstić information content (AvgIpc) is 2.99. The van der Waals surface area contributed by atoms with Gasteiger partial charge in [-0.05, 0) is 60.2 Å². The second-order valence-electron chi connectivity index (χ2n) is 7.97. The van der Waals surface area contributed by atoms with Crippen molar-refractivity contribution in [1.82, 2.24) is 5.32 Å². The van der Waals surface area contributed by atoms with E-state index in [1.807, 2.05) is 66.4 Å². The Bertz CT molecular complexity index is 1050. The first-order valence-electron chi connectivity index (χ1n) is 11.0. The van der Waals surface area contributed by atoms with Crippen LogP contribution < -0.4 is 10.2 Å². The third-order valence-corrected chi connectivity index (χ3v) is 5.78. The highest BCUT2D eigenvalue weighted by Crippen LogP contribution is 2.36. The highest BCUT2D eigenvalue weighted by atomic mass is 16.2. The minimum absolute atomic E-state index is 0.0880. The van der Waals surface area contributed by atoms with E-state index in [2.05, 4.69) is 29.6 Å². The van der Waals surface area contributed by atoms with Gasteiger partial charge in [0.1, 0.15) is 0 Å². The van der Waals surface area contributed by atoms with Gasteiger partial charge in [-0.25, -0.2) is 0 Å². The van der Waals surface area contributed by atoms with Crippen LogP contribution in [-0.2, 0) is 4.79 Å². The van der Waals surface area contributed by atoms with E-state index >= 15 is 0 Å². The number of rotatable bonds is 5. The quantitative estimate of drug-likeness (QED) is 0.580. The molecule has 1 atom stereocenters. The fraction of sp³-hybridized carbons (Fsp3) is 0.259. The highest BCUT2D eigenvalue weighted by molar-refractivity contribution is 5.96. The molecule has 31 heavy (non-hydrogen) atoms. The van der Waals surface area contributed by atoms with E-state index in [1.165, 1.54) is 0 Å². The Morgan fingerprint density at radius 2 is 1.65 bits per heavy atom. The molecular formula is C27H28N2O2. The molecule has 4 rings (SSSR count). The van der Waals surface area contributed by atoms with Gasteiger partial charge in [-0.2, -0.15) is 0 Å². The molecule has 0 aliphatic carbocycles. The first-order chi connectivity index (χ1) is 15.2. The molecule has 3 aromatic carbocycles. The maximum absolute atomic E-state index is 12.9. The van der Waals surface area contributed by atoms with Crippen LogP contribution in [0.25, 0.3) is 11.1 Å².